The molecule has 0 radical (unpaired) electrons. The Bertz CT molecular complexity index is 870. The molecule has 0 saturated heterocycles. The average molecular weight is 316 g/mol. The van der Waals surface area contributed by atoms with Gasteiger partial charge in [0.15, 0.2) is 11.5 Å². The van der Waals surface area contributed by atoms with E-state index in [9.17, 15) is 10.2 Å². The molecule has 0 fully saturated rings. The highest BCUT2D eigenvalue weighted by molar-refractivity contribution is 5.87. The SMILES string of the molecule is Oc1cccc(C=Nc2ccc(C=Nc3ccccc3)cc2)c1O. The molecular formula is C20H16N2O2. The summed E-state index contributed by atoms with van der Waals surface area (Å²) in [6.45, 7) is 0. The first-order chi connectivity index (χ1) is 11.7. The number of aliphatic imine (C=N–C) groups is 2. The average Bonchev–Trinajstić information content (AvgIpc) is 2.63. The predicted molar refractivity (Wildman–Crippen MR) is 97.2 cm³/mol. The summed E-state index contributed by atoms with van der Waals surface area (Å²) in [6.07, 6.45) is 3.31. The maximum absolute atomic E-state index is 9.74. The Hall–Kier alpha value is -3.40. The molecular weight excluding hydrogens is 300 g/mol. The molecule has 3 aromatic carbocycles. The fourth-order valence-corrected chi connectivity index (χ4v) is 2.11. The maximum Gasteiger partial charge on any atom is 0.166 e. The van der Waals surface area contributed by atoms with Gasteiger partial charge in [-0.25, -0.2) is 0 Å². The van der Waals surface area contributed by atoms with Gasteiger partial charge in [-0.1, -0.05) is 36.4 Å². The fourth-order valence-electron chi connectivity index (χ4n) is 2.11. The van der Waals surface area contributed by atoms with Crippen molar-refractivity contribution in [2.45, 2.75) is 0 Å². The van der Waals surface area contributed by atoms with Gasteiger partial charge in [0.2, 0.25) is 0 Å². The van der Waals surface area contributed by atoms with E-state index >= 15 is 0 Å². The molecule has 2 N–H and O–H groups in total. The molecule has 0 bridgehead atoms. The van der Waals surface area contributed by atoms with Crippen molar-refractivity contribution >= 4 is 23.8 Å². The van der Waals surface area contributed by atoms with Gasteiger partial charge < -0.3 is 10.2 Å². The normalized spacial score (nSPS) is 11.3. The molecule has 0 aliphatic heterocycles. The summed E-state index contributed by atoms with van der Waals surface area (Å²) in [5.74, 6) is -0.334. The topological polar surface area (TPSA) is 65.2 Å². The van der Waals surface area contributed by atoms with Gasteiger partial charge in [-0.15, -0.1) is 0 Å². The van der Waals surface area contributed by atoms with Crippen molar-refractivity contribution < 1.29 is 10.2 Å². The zero-order valence-corrected chi connectivity index (χ0v) is 12.9. The van der Waals surface area contributed by atoms with Crippen LogP contribution < -0.4 is 0 Å². The molecule has 0 spiro atoms. The second-order valence-electron chi connectivity index (χ2n) is 5.16. The summed E-state index contributed by atoms with van der Waals surface area (Å²) < 4.78 is 0. The maximum atomic E-state index is 9.74. The van der Waals surface area contributed by atoms with Crippen LogP contribution in [0.1, 0.15) is 11.1 Å². The van der Waals surface area contributed by atoms with Gasteiger partial charge in [-0.05, 0) is 42.0 Å². The van der Waals surface area contributed by atoms with E-state index < -0.39 is 0 Å². The number of hydrogen-bond acceptors (Lipinski definition) is 4. The van der Waals surface area contributed by atoms with E-state index in [0.29, 0.717) is 5.56 Å². The molecule has 0 aliphatic carbocycles. The van der Waals surface area contributed by atoms with Gasteiger partial charge in [0.05, 0.1) is 11.4 Å². The molecule has 24 heavy (non-hydrogen) atoms. The highest BCUT2D eigenvalue weighted by atomic mass is 16.3. The van der Waals surface area contributed by atoms with Crippen LogP contribution in [0.4, 0.5) is 11.4 Å². The molecule has 0 atom stereocenters. The molecule has 0 aliphatic rings. The van der Waals surface area contributed by atoms with Crippen molar-refractivity contribution in [1.82, 2.24) is 0 Å². The first-order valence-electron chi connectivity index (χ1n) is 7.46. The predicted octanol–water partition coefficient (Wildman–Crippen LogP) is 4.60. The van der Waals surface area contributed by atoms with E-state index in [1.165, 1.54) is 12.3 Å². The largest absolute Gasteiger partial charge is 0.504 e. The van der Waals surface area contributed by atoms with Crippen LogP contribution in [0.2, 0.25) is 0 Å². The molecule has 0 saturated carbocycles. The van der Waals surface area contributed by atoms with Crippen LogP contribution in [-0.2, 0) is 0 Å². The summed E-state index contributed by atoms with van der Waals surface area (Å²) >= 11 is 0. The third kappa shape index (κ3) is 3.87. The van der Waals surface area contributed by atoms with Gasteiger partial charge in [0, 0.05) is 18.0 Å². The summed E-state index contributed by atoms with van der Waals surface area (Å²) in [5.41, 5.74) is 3.08. The lowest BCUT2D eigenvalue weighted by atomic mass is 10.2. The number of phenolic OH excluding ortho intramolecular Hbond substituents is 2. The number of phenols is 2. The fraction of sp³-hybridized carbons (Fsp3) is 0. The Labute approximate surface area is 140 Å². The Morgan fingerprint density at radius 1 is 0.625 bits per heavy atom. The third-order valence-corrected chi connectivity index (χ3v) is 3.41. The second kappa shape index (κ2) is 7.24. The number of aromatic hydroxyl groups is 2. The van der Waals surface area contributed by atoms with E-state index in [2.05, 4.69) is 9.98 Å². The van der Waals surface area contributed by atoms with E-state index in [1.807, 2.05) is 54.6 Å². The lowest BCUT2D eigenvalue weighted by Gasteiger charge is -2.00. The van der Waals surface area contributed by atoms with Crippen LogP contribution in [0.25, 0.3) is 0 Å². The number of benzene rings is 3. The molecule has 4 heteroatoms. The lowest BCUT2D eigenvalue weighted by molar-refractivity contribution is 0.403. The van der Waals surface area contributed by atoms with Gasteiger partial charge in [0.25, 0.3) is 0 Å². The van der Waals surface area contributed by atoms with Crippen molar-refractivity contribution in [3.05, 3.63) is 83.9 Å². The van der Waals surface area contributed by atoms with Crippen LogP contribution in [0.3, 0.4) is 0 Å². The van der Waals surface area contributed by atoms with Crippen molar-refractivity contribution in [3.8, 4) is 11.5 Å². The van der Waals surface area contributed by atoms with Gasteiger partial charge in [-0.3, -0.25) is 9.98 Å². The standard InChI is InChI=1S/C20H16N2O2/c23-19-8-4-5-16(20(19)24)14-22-18-11-9-15(10-12-18)13-21-17-6-2-1-3-7-17/h1-14,23-24H. The molecule has 3 aromatic rings. The first kappa shape index (κ1) is 15.5. The Morgan fingerprint density at radius 3 is 2.04 bits per heavy atom. The monoisotopic (exact) mass is 316 g/mol. The molecule has 0 aromatic heterocycles. The molecule has 0 amide bonds. The van der Waals surface area contributed by atoms with Gasteiger partial charge in [-0.2, -0.15) is 0 Å². The van der Waals surface area contributed by atoms with Gasteiger partial charge in [0.1, 0.15) is 0 Å². The van der Waals surface area contributed by atoms with Crippen molar-refractivity contribution in [2.75, 3.05) is 0 Å². The minimum absolute atomic E-state index is 0.161. The minimum atomic E-state index is -0.173. The zero-order chi connectivity index (χ0) is 16.8. The highest BCUT2D eigenvalue weighted by Gasteiger charge is 2.02. The van der Waals surface area contributed by atoms with E-state index in [1.54, 1.807) is 18.3 Å². The van der Waals surface area contributed by atoms with Crippen LogP contribution in [-0.4, -0.2) is 22.6 Å². The summed E-state index contributed by atoms with van der Waals surface area (Å²) in [6, 6.07) is 22.0. The third-order valence-electron chi connectivity index (χ3n) is 3.41. The lowest BCUT2D eigenvalue weighted by Crippen LogP contribution is -1.83. The number of nitrogens with zero attached hydrogens (tertiary/aromatic N) is 2. The zero-order valence-electron chi connectivity index (χ0n) is 12.9. The van der Waals surface area contributed by atoms with E-state index in [-0.39, 0.29) is 11.5 Å². The quantitative estimate of drug-likeness (QED) is 0.546. The summed E-state index contributed by atoms with van der Waals surface area (Å²) in [5, 5.41) is 19.2. The number of rotatable bonds is 4. The van der Waals surface area contributed by atoms with E-state index in [4.69, 9.17) is 0 Å². The van der Waals surface area contributed by atoms with E-state index in [0.717, 1.165) is 16.9 Å². The first-order valence-corrected chi connectivity index (χ1v) is 7.46. The number of para-hydroxylation sites is 2. The molecule has 118 valence electrons. The van der Waals surface area contributed by atoms with Crippen LogP contribution in [0, 0.1) is 0 Å². The van der Waals surface area contributed by atoms with Crippen LogP contribution in [0.5, 0.6) is 11.5 Å². The highest BCUT2D eigenvalue weighted by Crippen LogP contribution is 2.27. The van der Waals surface area contributed by atoms with Crippen molar-refractivity contribution in [3.63, 3.8) is 0 Å². The minimum Gasteiger partial charge on any atom is -0.504 e. The number of hydrogen-bond donors (Lipinski definition) is 2. The second-order valence-corrected chi connectivity index (χ2v) is 5.16. The van der Waals surface area contributed by atoms with Crippen LogP contribution >= 0.6 is 0 Å². The smallest absolute Gasteiger partial charge is 0.166 e. The van der Waals surface area contributed by atoms with Gasteiger partial charge >= 0.3 is 0 Å². The molecule has 3 rings (SSSR count). The molecule has 0 heterocycles. The Kier molecular flexibility index (Phi) is 4.68. The van der Waals surface area contributed by atoms with Crippen molar-refractivity contribution in [1.29, 1.82) is 0 Å². The Balaban J connectivity index is 1.72. The molecule has 0 unspecified atom stereocenters. The van der Waals surface area contributed by atoms with Crippen LogP contribution in [0.15, 0.2) is 82.8 Å². The summed E-state index contributed by atoms with van der Waals surface area (Å²) in [7, 11) is 0. The van der Waals surface area contributed by atoms with Crippen molar-refractivity contribution in [2.24, 2.45) is 9.98 Å². The Morgan fingerprint density at radius 2 is 1.29 bits per heavy atom. The molecule has 4 nitrogen and oxygen atoms in total. The summed E-state index contributed by atoms with van der Waals surface area (Å²) in [4.78, 5) is 8.69.